The third-order valence-electron chi connectivity index (χ3n) is 0. The fourth-order valence-electron chi connectivity index (χ4n) is 0. The minimum absolute atomic E-state index is 0. The van der Waals surface area contributed by atoms with Crippen LogP contribution in [0.4, 0.5) is 0 Å². The zero-order valence-corrected chi connectivity index (χ0v) is 9.98. The van der Waals surface area contributed by atoms with Gasteiger partial charge in [-0.05, 0) is 0 Å². The first kappa shape index (κ1) is 41.3. The van der Waals surface area contributed by atoms with Gasteiger partial charge in [-0.3, -0.25) is 0 Å². The van der Waals surface area contributed by atoms with Crippen molar-refractivity contribution in [1.29, 1.82) is 0 Å². The zero-order chi connectivity index (χ0) is 0. The summed E-state index contributed by atoms with van der Waals surface area (Å²) in [5.74, 6) is 0. The van der Waals surface area contributed by atoms with E-state index >= 15 is 0 Å². The van der Waals surface area contributed by atoms with Gasteiger partial charge in [-0.1, -0.05) is 0 Å². The molecule has 0 rings (SSSR count). The van der Waals surface area contributed by atoms with E-state index in [4.69, 9.17) is 0 Å². The summed E-state index contributed by atoms with van der Waals surface area (Å²) in [5, 5.41) is 0. The van der Waals surface area contributed by atoms with E-state index in [1.54, 1.807) is 0 Å². The molecule has 5 heavy (non-hydrogen) atoms. The van der Waals surface area contributed by atoms with E-state index in [1.807, 2.05) is 0 Å². The van der Waals surface area contributed by atoms with Gasteiger partial charge in [0.15, 0.2) is 0 Å². The molecule has 0 aliphatic rings. The van der Waals surface area contributed by atoms with Gasteiger partial charge in [-0.2, -0.15) is 0 Å². The second-order valence-corrected chi connectivity index (χ2v) is 0. The maximum atomic E-state index is 0. The quantitative estimate of drug-likeness (QED) is 0.430. The summed E-state index contributed by atoms with van der Waals surface area (Å²) in [5.41, 5.74) is 0. The maximum absolute atomic E-state index is 0. The van der Waals surface area contributed by atoms with Gasteiger partial charge in [0, 0.05) is 55.2 Å². The Kier molecular flexibility index (Phi) is 222. The molecule has 0 atom stereocenters. The average Bonchev–Trinajstić information content (AvgIpc) is 0. The summed E-state index contributed by atoms with van der Waals surface area (Å²) in [6.45, 7) is 0. The molecule has 5 heteroatoms. The standard InChI is InChI=1S/Cu.Fe.HI.Mg.Mo.2H/h;;1H;;;;/q;;;+2;;2*-1. The van der Waals surface area contributed by atoms with Crippen LogP contribution in [0.15, 0.2) is 0 Å². The minimum Gasteiger partial charge on any atom is -1.00 e. The summed E-state index contributed by atoms with van der Waals surface area (Å²) >= 11 is 0. The molecular formula is H3CuFeIMgMo. The zero-order valence-electron chi connectivity index (χ0n) is 4.18. The molecule has 0 saturated heterocycles. The van der Waals surface area contributed by atoms with Gasteiger partial charge in [0.1, 0.15) is 0 Å². The predicted molar refractivity (Wildman–Crippen MR) is 23.4 cm³/mol. The Labute approximate surface area is 103 Å². The largest absolute Gasteiger partial charge is 2.00 e. The average molecular weight is 370 g/mol. The van der Waals surface area contributed by atoms with E-state index in [2.05, 4.69) is 0 Å². The van der Waals surface area contributed by atoms with Crippen LogP contribution in [0.25, 0.3) is 0 Å². The third kappa shape index (κ3) is 19.0. The minimum atomic E-state index is 0. The van der Waals surface area contributed by atoms with E-state index in [0.717, 1.165) is 0 Å². The molecule has 0 fully saturated rings. The Morgan fingerprint density at radius 3 is 1.20 bits per heavy atom. The van der Waals surface area contributed by atoms with Crippen molar-refractivity contribution < 1.29 is 58.1 Å². The molecule has 0 aromatic carbocycles. The Balaban J connectivity index is 0. The van der Waals surface area contributed by atoms with Crippen molar-refractivity contribution in [2.45, 2.75) is 0 Å². The Hall–Kier alpha value is 3.22. The van der Waals surface area contributed by atoms with Crippen molar-refractivity contribution in [2.24, 2.45) is 0 Å². The number of rotatable bonds is 0. The van der Waals surface area contributed by atoms with Crippen LogP contribution in [0.5, 0.6) is 0 Å². The fraction of sp³-hybridized carbons (Fsp3) is 0. The van der Waals surface area contributed by atoms with E-state index in [-0.39, 0.29) is 105 Å². The summed E-state index contributed by atoms with van der Waals surface area (Å²) in [6.07, 6.45) is 0. The molecule has 0 amide bonds. The molecule has 0 aromatic rings. The molecule has 0 N–H and O–H groups in total. The van der Waals surface area contributed by atoms with Crippen molar-refractivity contribution in [1.82, 2.24) is 0 Å². The molecule has 0 heterocycles. The number of hydrogen-bond donors (Lipinski definition) is 0. The first-order valence-corrected chi connectivity index (χ1v) is 0. The first-order chi connectivity index (χ1) is 0. The predicted octanol–water partition coefficient (Wildman–Crippen LogP) is 0.455. The SMILES string of the molecule is I.[Cu].[Fe].[H-].[H-].[Mg+2].[Mo]. The first-order valence-electron chi connectivity index (χ1n) is 0. The molecule has 0 aromatic heterocycles. The van der Waals surface area contributed by atoms with Gasteiger partial charge in [-0.25, -0.2) is 0 Å². The molecule has 0 aliphatic carbocycles. The van der Waals surface area contributed by atoms with E-state index in [9.17, 15) is 0 Å². The van der Waals surface area contributed by atoms with Crippen LogP contribution in [0, 0.1) is 0 Å². The van der Waals surface area contributed by atoms with Crippen LogP contribution in [0.1, 0.15) is 2.85 Å². The van der Waals surface area contributed by atoms with Gasteiger partial charge < -0.3 is 2.85 Å². The van der Waals surface area contributed by atoms with Crippen molar-refractivity contribution >= 4 is 47.0 Å². The van der Waals surface area contributed by atoms with Crippen molar-refractivity contribution in [3.05, 3.63) is 0 Å². The molecule has 0 spiro atoms. The van der Waals surface area contributed by atoms with Crippen molar-refractivity contribution in [3.63, 3.8) is 0 Å². The summed E-state index contributed by atoms with van der Waals surface area (Å²) < 4.78 is 0. The maximum Gasteiger partial charge on any atom is 2.00 e. The summed E-state index contributed by atoms with van der Waals surface area (Å²) in [4.78, 5) is 0. The molecule has 1 radical (unpaired) electrons. The Bertz CT molecular complexity index is 17.7. The Morgan fingerprint density at radius 1 is 1.20 bits per heavy atom. The fourth-order valence-corrected chi connectivity index (χ4v) is 0. The molecule has 0 aliphatic heterocycles. The second kappa shape index (κ2) is 26.9. The van der Waals surface area contributed by atoms with Crippen LogP contribution >= 0.6 is 24.0 Å². The van der Waals surface area contributed by atoms with E-state index in [0.29, 0.717) is 0 Å². The van der Waals surface area contributed by atoms with Crippen LogP contribution in [-0.4, -0.2) is 23.1 Å². The van der Waals surface area contributed by atoms with Crippen molar-refractivity contribution in [2.75, 3.05) is 0 Å². The molecule has 0 bridgehead atoms. The molecule has 0 nitrogen and oxygen atoms in total. The van der Waals surface area contributed by atoms with Crippen LogP contribution < -0.4 is 0 Å². The van der Waals surface area contributed by atoms with Gasteiger partial charge >= 0.3 is 23.1 Å². The molecule has 0 unspecified atom stereocenters. The molecule has 0 saturated carbocycles. The summed E-state index contributed by atoms with van der Waals surface area (Å²) in [7, 11) is 0. The smallest absolute Gasteiger partial charge is 1.00 e. The topological polar surface area (TPSA) is 0 Å². The van der Waals surface area contributed by atoms with Crippen LogP contribution in [0.2, 0.25) is 0 Å². The van der Waals surface area contributed by atoms with E-state index in [1.165, 1.54) is 0 Å². The van der Waals surface area contributed by atoms with Crippen LogP contribution in [0.3, 0.4) is 0 Å². The second-order valence-electron chi connectivity index (χ2n) is 0. The normalized spacial score (nSPS) is 0. The third-order valence-corrected chi connectivity index (χ3v) is 0. The van der Waals surface area contributed by atoms with Gasteiger partial charge in [0.05, 0.1) is 0 Å². The molecule has 37 valence electrons. The number of hydrogen-bond acceptors (Lipinski definition) is 0. The van der Waals surface area contributed by atoms with Gasteiger partial charge in [-0.15, -0.1) is 24.0 Å². The Morgan fingerprint density at radius 2 is 1.20 bits per heavy atom. The van der Waals surface area contributed by atoms with E-state index < -0.39 is 0 Å². The van der Waals surface area contributed by atoms with Gasteiger partial charge in [0.25, 0.3) is 0 Å². The van der Waals surface area contributed by atoms with Gasteiger partial charge in [0.2, 0.25) is 0 Å². The monoisotopic (exact) mass is 371 g/mol. The number of halogens is 1. The van der Waals surface area contributed by atoms with Crippen LogP contribution in [-0.2, 0) is 55.2 Å². The molecular weight excluding hydrogens is 367 g/mol. The summed E-state index contributed by atoms with van der Waals surface area (Å²) in [6, 6.07) is 0. The van der Waals surface area contributed by atoms with Crippen molar-refractivity contribution in [3.8, 4) is 0 Å².